The van der Waals surface area contributed by atoms with Crippen LogP contribution >= 0.6 is 0 Å². The second-order valence-electron chi connectivity index (χ2n) is 5.74. The fraction of sp³-hybridized carbons (Fsp3) is 0.0952. The van der Waals surface area contributed by atoms with Crippen LogP contribution in [0.5, 0.6) is 11.5 Å². The molecule has 0 bridgehead atoms. The van der Waals surface area contributed by atoms with Crippen LogP contribution in [0.4, 0.5) is 14.5 Å². The van der Waals surface area contributed by atoms with E-state index in [1.54, 1.807) is 6.07 Å². The smallest absolute Gasteiger partial charge is 0.387 e. The van der Waals surface area contributed by atoms with E-state index in [2.05, 4.69) is 20.0 Å². The lowest BCUT2D eigenvalue weighted by molar-refractivity contribution is -0.111. The average molecular weight is 397 g/mol. The van der Waals surface area contributed by atoms with E-state index in [4.69, 9.17) is 4.74 Å². The van der Waals surface area contributed by atoms with Crippen molar-refractivity contribution in [1.82, 2.24) is 9.97 Å². The van der Waals surface area contributed by atoms with E-state index in [-0.39, 0.29) is 17.1 Å². The van der Waals surface area contributed by atoms with E-state index in [1.165, 1.54) is 43.8 Å². The van der Waals surface area contributed by atoms with Crippen molar-refractivity contribution in [3.05, 3.63) is 72.6 Å². The largest absolute Gasteiger partial charge is 0.493 e. The lowest BCUT2D eigenvalue weighted by Gasteiger charge is -2.12. The number of methoxy groups -OCH3 is 1. The standard InChI is InChI=1S/C21H17F2N3O3/c1-28-17-9-5-8-14(19(17)29-21(22)23)10-11-18(27)26-16-12-24-20(25-13-16)15-6-3-2-4-7-15/h2-13,21H,1H3,(H,26,27)/b11-10+. The number of carbonyl (C=O) groups is 1. The number of ether oxygens (including phenoxy) is 2. The van der Waals surface area contributed by atoms with Crippen LogP contribution in [0.25, 0.3) is 17.5 Å². The monoisotopic (exact) mass is 397 g/mol. The summed E-state index contributed by atoms with van der Waals surface area (Å²) >= 11 is 0. The number of nitrogens with one attached hydrogen (secondary N) is 1. The maximum Gasteiger partial charge on any atom is 0.387 e. The van der Waals surface area contributed by atoms with E-state index in [0.29, 0.717) is 11.5 Å². The van der Waals surface area contributed by atoms with Gasteiger partial charge in [0, 0.05) is 17.2 Å². The number of rotatable bonds is 7. The number of amides is 1. The summed E-state index contributed by atoms with van der Waals surface area (Å²) in [6, 6.07) is 14.0. The molecule has 1 aromatic heterocycles. The summed E-state index contributed by atoms with van der Waals surface area (Å²) in [4.78, 5) is 20.6. The van der Waals surface area contributed by atoms with Gasteiger partial charge in [0.15, 0.2) is 17.3 Å². The van der Waals surface area contributed by atoms with Gasteiger partial charge in [0.05, 0.1) is 25.2 Å². The highest BCUT2D eigenvalue weighted by Crippen LogP contribution is 2.33. The van der Waals surface area contributed by atoms with Gasteiger partial charge < -0.3 is 14.8 Å². The van der Waals surface area contributed by atoms with Gasteiger partial charge in [-0.25, -0.2) is 9.97 Å². The molecule has 0 aliphatic rings. The number of benzene rings is 2. The molecule has 1 heterocycles. The van der Waals surface area contributed by atoms with Crippen LogP contribution in [-0.4, -0.2) is 29.6 Å². The van der Waals surface area contributed by atoms with Crippen molar-refractivity contribution in [3.8, 4) is 22.9 Å². The zero-order valence-corrected chi connectivity index (χ0v) is 15.4. The Morgan fingerprint density at radius 1 is 1.07 bits per heavy atom. The lowest BCUT2D eigenvalue weighted by Crippen LogP contribution is -2.09. The van der Waals surface area contributed by atoms with Gasteiger partial charge in [0.2, 0.25) is 5.91 Å². The molecule has 6 nitrogen and oxygen atoms in total. The fourth-order valence-corrected chi connectivity index (χ4v) is 2.52. The van der Waals surface area contributed by atoms with Crippen molar-refractivity contribution in [2.24, 2.45) is 0 Å². The van der Waals surface area contributed by atoms with E-state index < -0.39 is 12.5 Å². The lowest BCUT2D eigenvalue weighted by atomic mass is 10.1. The summed E-state index contributed by atoms with van der Waals surface area (Å²) in [5.41, 5.74) is 1.53. The Balaban J connectivity index is 1.70. The van der Waals surface area contributed by atoms with Gasteiger partial charge >= 0.3 is 6.61 Å². The third-order valence-electron chi connectivity index (χ3n) is 3.80. The number of halogens is 2. The second-order valence-corrected chi connectivity index (χ2v) is 5.74. The molecular weight excluding hydrogens is 380 g/mol. The third-order valence-corrected chi connectivity index (χ3v) is 3.80. The number of carbonyl (C=O) groups excluding carboxylic acids is 1. The van der Waals surface area contributed by atoms with Crippen LogP contribution in [0, 0.1) is 0 Å². The SMILES string of the molecule is COc1cccc(/C=C/C(=O)Nc2cnc(-c3ccccc3)nc2)c1OC(F)F. The fourth-order valence-electron chi connectivity index (χ4n) is 2.52. The van der Waals surface area contributed by atoms with Crippen LogP contribution in [0.2, 0.25) is 0 Å². The predicted molar refractivity (Wildman–Crippen MR) is 105 cm³/mol. The summed E-state index contributed by atoms with van der Waals surface area (Å²) in [6.07, 6.45) is 5.52. The van der Waals surface area contributed by atoms with E-state index in [0.717, 1.165) is 5.56 Å². The predicted octanol–water partition coefficient (Wildman–Crippen LogP) is 4.41. The molecule has 148 valence electrons. The number of nitrogens with zero attached hydrogens (tertiary/aromatic N) is 2. The maximum absolute atomic E-state index is 12.7. The minimum atomic E-state index is -3.02. The van der Waals surface area contributed by atoms with E-state index in [9.17, 15) is 13.6 Å². The first-order valence-corrected chi connectivity index (χ1v) is 8.55. The molecule has 0 radical (unpaired) electrons. The van der Waals surface area contributed by atoms with Crippen molar-refractivity contribution in [2.45, 2.75) is 6.61 Å². The Labute approximate surface area is 165 Å². The number of aromatic nitrogens is 2. The minimum absolute atomic E-state index is 0.137. The van der Waals surface area contributed by atoms with Crippen molar-refractivity contribution < 1.29 is 23.0 Å². The second kappa shape index (κ2) is 9.41. The van der Waals surface area contributed by atoms with Crippen LogP contribution in [0.1, 0.15) is 5.56 Å². The van der Waals surface area contributed by atoms with E-state index >= 15 is 0 Å². The first-order chi connectivity index (χ1) is 14.1. The molecule has 2 aromatic carbocycles. The molecular formula is C21H17F2N3O3. The summed E-state index contributed by atoms with van der Waals surface area (Å²) < 4.78 is 34.9. The molecule has 0 saturated carbocycles. The molecule has 0 aliphatic carbocycles. The molecule has 3 aromatic rings. The van der Waals surface area contributed by atoms with Gasteiger partial charge in [-0.05, 0) is 12.1 Å². The zero-order chi connectivity index (χ0) is 20.6. The van der Waals surface area contributed by atoms with Gasteiger partial charge in [0.1, 0.15) is 0 Å². The number of hydrogen-bond acceptors (Lipinski definition) is 5. The number of anilines is 1. The Kier molecular flexibility index (Phi) is 6.47. The Morgan fingerprint density at radius 3 is 2.45 bits per heavy atom. The van der Waals surface area contributed by atoms with Crippen LogP contribution in [0.3, 0.4) is 0 Å². The molecule has 0 unspecified atom stereocenters. The summed E-state index contributed by atoms with van der Waals surface area (Å²) in [5.74, 6) is 0.0403. The van der Waals surface area contributed by atoms with Crippen molar-refractivity contribution >= 4 is 17.7 Å². The quantitative estimate of drug-likeness (QED) is 0.598. The molecule has 0 saturated heterocycles. The van der Waals surface area contributed by atoms with Gasteiger partial charge in [-0.15, -0.1) is 0 Å². The molecule has 1 amide bonds. The van der Waals surface area contributed by atoms with E-state index in [1.807, 2.05) is 30.3 Å². The molecule has 29 heavy (non-hydrogen) atoms. The summed E-state index contributed by atoms with van der Waals surface area (Å²) in [6.45, 7) is -3.02. The zero-order valence-electron chi connectivity index (χ0n) is 15.4. The highest BCUT2D eigenvalue weighted by atomic mass is 19.3. The Bertz CT molecular complexity index is 994. The normalized spacial score (nSPS) is 10.9. The molecule has 0 atom stereocenters. The molecule has 0 spiro atoms. The van der Waals surface area contributed by atoms with Crippen LogP contribution in [-0.2, 0) is 4.79 Å². The van der Waals surface area contributed by atoms with Gasteiger partial charge in [-0.3, -0.25) is 4.79 Å². The first kappa shape index (κ1) is 19.9. The average Bonchev–Trinajstić information content (AvgIpc) is 2.73. The summed E-state index contributed by atoms with van der Waals surface area (Å²) in [5, 5.41) is 2.61. The van der Waals surface area contributed by atoms with Crippen molar-refractivity contribution in [1.29, 1.82) is 0 Å². The van der Waals surface area contributed by atoms with Crippen LogP contribution in [0.15, 0.2) is 67.0 Å². The Morgan fingerprint density at radius 2 is 1.79 bits per heavy atom. The topological polar surface area (TPSA) is 73.3 Å². The van der Waals surface area contributed by atoms with Gasteiger partial charge in [-0.1, -0.05) is 42.5 Å². The van der Waals surface area contributed by atoms with Crippen LogP contribution < -0.4 is 14.8 Å². The van der Waals surface area contributed by atoms with Crippen molar-refractivity contribution in [3.63, 3.8) is 0 Å². The maximum atomic E-state index is 12.7. The Hall–Kier alpha value is -3.81. The third kappa shape index (κ3) is 5.35. The minimum Gasteiger partial charge on any atom is -0.493 e. The summed E-state index contributed by atoms with van der Waals surface area (Å²) in [7, 11) is 1.34. The highest BCUT2D eigenvalue weighted by molar-refractivity contribution is 6.02. The molecule has 0 aliphatic heterocycles. The van der Waals surface area contributed by atoms with Gasteiger partial charge in [-0.2, -0.15) is 8.78 Å². The first-order valence-electron chi connectivity index (χ1n) is 8.55. The molecule has 3 rings (SSSR count). The number of hydrogen-bond donors (Lipinski definition) is 1. The molecule has 8 heteroatoms. The number of alkyl halides is 2. The highest BCUT2D eigenvalue weighted by Gasteiger charge is 2.14. The number of para-hydroxylation sites is 1. The molecule has 1 N–H and O–H groups in total. The van der Waals surface area contributed by atoms with Gasteiger partial charge in [0.25, 0.3) is 0 Å². The van der Waals surface area contributed by atoms with Crippen molar-refractivity contribution in [2.75, 3.05) is 12.4 Å². The molecule has 0 fully saturated rings.